The molecule has 11 nitrogen and oxygen atoms in total. The van der Waals surface area contributed by atoms with Gasteiger partial charge in [0.05, 0.1) is 42.0 Å². The number of ether oxygens (including phenoxy) is 5. The predicted molar refractivity (Wildman–Crippen MR) is 252 cm³/mol. The van der Waals surface area contributed by atoms with Crippen LogP contribution in [0.1, 0.15) is 151 Å². The quantitative estimate of drug-likeness (QED) is 0.0411. The van der Waals surface area contributed by atoms with Crippen LogP contribution in [0.15, 0.2) is 84.6 Å². The highest BCUT2D eigenvalue weighted by Gasteiger charge is 2.50. The van der Waals surface area contributed by atoms with Crippen LogP contribution in [-0.4, -0.2) is 95.3 Å². The van der Waals surface area contributed by atoms with Gasteiger partial charge in [-0.3, -0.25) is 4.79 Å². The molecule has 0 spiro atoms. The molecule has 64 heavy (non-hydrogen) atoms. The molecule has 3 heterocycles. The molecule has 2 fully saturated rings. The van der Waals surface area contributed by atoms with E-state index in [0.717, 1.165) is 24.8 Å². The minimum absolute atomic E-state index is 0.0234. The average molecular weight is 895 g/mol. The highest BCUT2D eigenvalue weighted by Crippen LogP contribution is 2.42. The Kier molecular flexibility index (Phi) is 25.5. The number of esters is 3. The van der Waals surface area contributed by atoms with Gasteiger partial charge in [-0.2, -0.15) is 0 Å². The van der Waals surface area contributed by atoms with E-state index in [9.17, 15) is 29.7 Å². The molecular weight excluding hydrogens is 813 g/mol. The van der Waals surface area contributed by atoms with Crippen LogP contribution in [0.3, 0.4) is 0 Å². The first kappa shape index (κ1) is 54.7. The molecule has 2 saturated heterocycles. The maximum Gasteiger partial charge on any atom is 0.335 e. The first-order chi connectivity index (χ1) is 30.6. The Bertz CT molecular complexity index is 1610. The van der Waals surface area contributed by atoms with E-state index in [1.165, 1.54) is 44.6 Å². The number of hydrogen-bond donors (Lipinski definition) is 3. The van der Waals surface area contributed by atoms with Crippen LogP contribution in [0, 0.1) is 17.3 Å². The van der Waals surface area contributed by atoms with Gasteiger partial charge in [-0.05, 0) is 50.5 Å². The van der Waals surface area contributed by atoms with Crippen molar-refractivity contribution in [2.75, 3.05) is 13.2 Å². The molecule has 0 aromatic heterocycles. The van der Waals surface area contributed by atoms with E-state index in [-0.39, 0.29) is 49.6 Å². The van der Waals surface area contributed by atoms with Gasteiger partial charge in [-0.15, -0.1) is 0 Å². The summed E-state index contributed by atoms with van der Waals surface area (Å²) < 4.78 is 30.5. The maximum atomic E-state index is 13.5. The lowest BCUT2D eigenvalue weighted by atomic mass is 9.73. The summed E-state index contributed by atoms with van der Waals surface area (Å²) in [6, 6.07) is 0. The summed E-state index contributed by atoms with van der Waals surface area (Å²) in [5.41, 5.74) is 0.448. The van der Waals surface area contributed by atoms with Crippen molar-refractivity contribution in [3.63, 3.8) is 0 Å². The molecule has 0 aromatic carbocycles. The van der Waals surface area contributed by atoms with E-state index in [0.29, 0.717) is 50.5 Å². The van der Waals surface area contributed by atoms with Gasteiger partial charge in [0.1, 0.15) is 19.3 Å². The molecule has 0 amide bonds. The smallest absolute Gasteiger partial charge is 0.335 e. The minimum Gasteiger partial charge on any atom is -0.465 e. The van der Waals surface area contributed by atoms with Crippen molar-refractivity contribution < 1.29 is 53.4 Å². The number of allylic oxidation sites excluding steroid dienone is 6. The van der Waals surface area contributed by atoms with Crippen LogP contribution in [0.2, 0.25) is 0 Å². The SMILES string of the molecule is C=C(COC(=O)[C@H](O)C/C=C\C[C@@H]1O[C@@H]2/C=C\C/C=C\C(C)=C/[C@H]3O[C@@H](C/C=C\C=C/C(=O)O[C@H](C2)[C@@]1(C)COC(=O)CCCCCCCCCCC)C[C@H](O)[C@H]3C)C(O)CC(C)C. The Morgan fingerprint density at radius 2 is 1.66 bits per heavy atom. The summed E-state index contributed by atoms with van der Waals surface area (Å²) in [4.78, 5) is 39.3. The second kappa shape index (κ2) is 29.8. The number of unbranched alkanes of at least 4 members (excludes halogenated alkanes) is 8. The van der Waals surface area contributed by atoms with E-state index in [1.807, 2.05) is 71.1 Å². The van der Waals surface area contributed by atoms with Gasteiger partial charge in [-0.1, -0.05) is 159 Å². The zero-order valence-corrected chi connectivity index (χ0v) is 39.9. The molecular formula is C53H82O11. The van der Waals surface area contributed by atoms with Crippen molar-refractivity contribution in [3.8, 4) is 0 Å². The Balaban J connectivity index is 1.79. The second-order valence-electron chi connectivity index (χ2n) is 18.8. The number of aliphatic hydroxyl groups excluding tert-OH is 3. The molecule has 4 bridgehead atoms. The number of fused-ring (bicyclic) bond motifs is 4. The molecule has 11 heteroatoms. The zero-order chi connectivity index (χ0) is 46.9. The zero-order valence-electron chi connectivity index (χ0n) is 39.9. The van der Waals surface area contributed by atoms with Gasteiger partial charge in [-0.25, -0.2) is 9.59 Å². The van der Waals surface area contributed by atoms with Crippen molar-refractivity contribution >= 4 is 17.9 Å². The lowest BCUT2D eigenvalue weighted by Crippen LogP contribution is -2.55. The number of rotatable bonds is 22. The van der Waals surface area contributed by atoms with E-state index >= 15 is 0 Å². The van der Waals surface area contributed by atoms with Crippen molar-refractivity contribution in [2.24, 2.45) is 17.3 Å². The summed E-state index contributed by atoms with van der Waals surface area (Å²) in [6.07, 6.45) is 28.8. The first-order valence-corrected chi connectivity index (χ1v) is 24.2. The van der Waals surface area contributed by atoms with Crippen molar-refractivity contribution in [1.82, 2.24) is 0 Å². The first-order valence-electron chi connectivity index (χ1n) is 24.2. The molecule has 0 saturated carbocycles. The van der Waals surface area contributed by atoms with Crippen molar-refractivity contribution in [1.29, 1.82) is 0 Å². The molecule has 3 aliphatic heterocycles. The molecule has 0 radical (unpaired) electrons. The third-order valence-electron chi connectivity index (χ3n) is 12.5. The summed E-state index contributed by atoms with van der Waals surface area (Å²) in [7, 11) is 0. The predicted octanol–water partition coefficient (Wildman–Crippen LogP) is 9.85. The van der Waals surface area contributed by atoms with Crippen LogP contribution in [0.4, 0.5) is 0 Å². The van der Waals surface area contributed by atoms with Crippen molar-refractivity contribution in [3.05, 3.63) is 84.6 Å². The van der Waals surface area contributed by atoms with Gasteiger partial charge in [0.2, 0.25) is 0 Å². The van der Waals surface area contributed by atoms with Crippen molar-refractivity contribution in [2.45, 2.75) is 200 Å². The molecule has 3 N–H and O–H groups in total. The van der Waals surface area contributed by atoms with Gasteiger partial charge < -0.3 is 39.0 Å². The summed E-state index contributed by atoms with van der Waals surface area (Å²) >= 11 is 0. The average Bonchev–Trinajstić information content (AvgIpc) is 3.25. The summed E-state index contributed by atoms with van der Waals surface area (Å²) in [5.74, 6) is -1.48. The highest BCUT2D eigenvalue weighted by molar-refractivity contribution is 5.82. The lowest BCUT2D eigenvalue weighted by Gasteiger charge is -2.47. The number of hydrogen-bond acceptors (Lipinski definition) is 11. The number of aliphatic hydroxyl groups is 3. The van der Waals surface area contributed by atoms with Crippen LogP contribution in [0.25, 0.3) is 0 Å². The highest BCUT2D eigenvalue weighted by atomic mass is 16.6. The minimum atomic E-state index is -1.43. The molecule has 3 rings (SSSR count). The largest absolute Gasteiger partial charge is 0.465 e. The van der Waals surface area contributed by atoms with Crippen LogP contribution in [-0.2, 0) is 38.1 Å². The van der Waals surface area contributed by atoms with E-state index in [2.05, 4.69) is 19.6 Å². The van der Waals surface area contributed by atoms with E-state index in [1.54, 1.807) is 18.2 Å². The number of carbonyl (C=O) groups excluding carboxylic acids is 3. The fourth-order valence-corrected chi connectivity index (χ4v) is 8.27. The summed E-state index contributed by atoms with van der Waals surface area (Å²) in [6.45, 7) is 15.7. The lowest BCUT2D eigenvalue weighted by molar-refractivity contribution is -0.204. The molecule has 360 valence electrons. The van der Waals surface area contributed by atoms with Crippen LogP contribution in [0.5, 0.6) is 0 Å². The topological polar surface area (TPSA) is 158 Å². The van der Waals surface area contributed by atoms with Gasteiger partial charge in [0, 0.05) is 37.7 Å². The Hall–Kier alpha value is -3.61. The van der Waals surface area contributed by atoms with Crippen LogP contribution >= 0.6 is 0 Å². The van der Waals surface area contributed by atoms with Gasteiger partial charge >= 0.3 is 17.9 Å². The molecule has 3 aliphatic rings. The monoisotopic (exact) mass is 895 g/mol. The third kappa shape index (κ3) is 20.3. The van der Waals surface area contributed by atoms with Gasteiger partial charge in [0.15, 0.2) is 6.10 Å². The normalized spacial score (nSPS) is 30.6. The Labute approximate surface area is 384 Å². The number of carbonyl (C=O) groups is 3. The fourth-order valence-electron chi connectivity index (χ4n) is 8.27. The van der Waals surface area contributed by atoms with Gasteiger partial charge in [0.25, 0.3) is 0 Å². The molecule has 10 atom stereocenters. The van der Waals surface area contributed by atoms with E-state index < -0.39 is 54.0 Å². The maximum absolute atomic E-state index is 13.5. The Morgan fingerprint density at radius 1 is 0.938 bits per heavy atom. The van der Waals surface area contributed by atoms with E-state index in [4.69, 9.17) is 23.7 Å². The standard InChI is InChI=1S/C53H82O11/c1-8-9-10-11-12-13-14-15-21-30-50(57)61-37-53(7)48(29-24-23-28-44(54)52(59)60-36-40(5)45(55)32-38(2)3)63-43-27-19-16-18-25-39(4)33-47-41(6)46(56)34-42(62-47)26-20-17-22-31-51(58)64-49(53)35-43/h17-20,22-25,27,31,33,38,41-49,54-56H,5,8-16,21,26,28-30,32,34-37H2,1-4,6-7H3/b20-17-,24-23-,25-18-,27-19-,31-22-,39-33-/t41-,42+,43-,44-,45?,46+,47-,48+,49-,53+/m1/s1. The fraction of sp³-hybridized carbons (Fsp3) is 0.679. The van der Waals surface area contributed by atoms with Crippen LogP contribution < -0.4 is 0 Å². The molecule has 1 unspecified atom stereocenters. The Morgan fingerprint density at radius 3 is 2.38 bits per heavy atom. The molecule has 0 aromatic rings. The second-order valence-corrected chi connectivity index (χ2v) is 18.8. The summed E-state index contributed by atoms with van der Waals surface area (Å²) in [5, 5.41) is 31.7. The molecule has 0 aliphatic carbocycles. The third-order valence-corrected chi connectivity index (χ3v) is 12.5.